The van der Waals surface area contributed by atoms with Crippen LogP contribution < -0.4 is 15.0 Å². The Bertz CT molecular complexity index is 801. The Morgan fingerprint density at radius 3 is 2.46 bits per heavy atom. The molecule has 1 aliphatic heterocycles. The number of hydrogen-bond acceptors (Lipinski definition) is 6. The second kappa shape index (κ2) is 8.91. The number of rotatable bonds is 6. The molecule has 0 spiro atoms. The molecule has 28 heavy (non-hydrogen) atoms. The lowest BCUT2D eigenvalue weighted by molar-refractivity contribution is 0.0740. The van der Waals surface area contributed by atoms with E-state index in [4.69, 9.17) is 4.74 Å². The van der Waals surface area contributed by atoms with Crippen LogP contribution in [0.4, 0.5) is 11.6 Å². The Morgan fingerprint density at radius 1 is 1.18 bits per heavy atom. The van der Waals surface area contributed by atoms with E-state index in [2.05, 4.69) is 46.2 Å². The van der Waals surface area contributed by atoms with Crippen molar-refractivity contribution in [2.24, 2.45) is 0 Å². The van der Waals surface area contributed by atoms with Crippen molar-refractivity contribution in [3.05, 3.63) is 41.7 Å². The number of aryl methyl sites for hydroxylation is 1. The standard InChI is InChI=1S/C21H29N5O2/c1-5-15(2)22-21-23-16(3)14-19(24-21)20(27)26-12-10-25(11-13-26)17-6-8-18(28-4)9-7-17/h6-9,14-15H,5,10-13H2,1-4H3,(H,22,23,24). The fourth-order valence-corrected chi connectivity index (χ4v) is 3.19. The highest BCUT2D eigenvalue weighted by Gasteiger charge is 2.24. The number of piperazine rings is 1. The van der Waals surface area contributed by atoms with Crippen molar-refractivity contribution in [2.45, 2.75) is 33.2 Å². The lowest BCUT2D eigenvalue weighted by Crippen LogP contribution is -2.49. The molecule has 0 saturated carbocycles. The van der Waals surface area contributed by atoms with Crippen molar-refractivity contribution < 1.29 is 9.53 Å². The summed E-state index contributed by atoms with van der Waals surface area (Å²) in [6, 6.07) is 10.1. The van der Waals surface area contributed by atoms with Crippen LogP contribution in [0, 0.1) is 6.92 Å². The SMILES string of the molecule is CCC(C)Nc1nc(C)cc(C(=O)N2CCN(c3ccc(OC)cc3)CC2)n1. The van der Waals surface area contributed by atoms with Gasteiger partial charge in [0.15, 0.2) is 0 Å². The summed E-state index contributed by atoms with van der Waals surface area (Å²) in [6.07, 6.45) is 0.966. The minimum absolute atomic E-state index is 0.0351. The first-order valence-corrected chi connectivity index (χ1v) is 9.80. The summed E-state index contributed by atoms with van der Waals surface area (Å²) in [5.41, 5.74) is 2.39. The number of carbonyl (C=O) groups excluding carboxylic acids is 1. The topological polar surface area (TPSA) is 70.6 Å². The summed E-state index contributed by atoms with van der Waals surface area (Å²) in [5.74, 6) is 1.33. The van der Waals surface area contributed by atoms with Crippen molar-refractivity contribution in [1.29, 1.82) is 0 Å². The molecule has 150 valence electrons. The highest BCUT2D eigenvalue weighted by atomic mass is 16.5. The molecule has 1 atom stereocenters. The largest absolute Gasteiger partial charge is 0.497 e. The van der Waals surface area contributed by atoms with Gasteiger partial charge in [-0.3, -0.25) is 4.79 Å². The van der Waals surface area contributed by atoms with Crippen molar-refractivity contribution in [3.8, 4) is 5.75 Å². The molecule has 1 aromatic carbocycles. The van der Waals surface area contributed by atoms with E-state index >= 15 is 0 Å². The Hall–Kier alpha value is -2.83. The molecule has 1 saturated heterocycles. The zero-order valence-electron chi connectivity index (χ0n) is 17.1. The number of nitrogens with one attached hydrogen (secondary N) is 1. The molecule has 2 aromatic rings. The number of amides is 1. The number of carbonyl (C=O) groups is 1. The molecule has 1 fully saturated rings. The Morgan fingerprint density at radius 2 is 1.86 bits per heavy atom. The van der Waals surface area contributed by atoms with Gasteiger partial charge in [-0.15, -0.1) is 0 Å². The molecule has 1 aliphatic rings. The molecule has 0 aliphatic carbocycles. The number of nitrogens with zero attached hydrogens (tertiary/aromatic N) is 4. The molecule has 1 N–H and O–H groups in total. The first kappa shape index (κ1) is 19.9. The van der Waals surface area contributed by atoms with Gasteiger partial charge in [-0.05, 0) is 50.6 Å². The molecule has 1 aromatic heterocycles. The molecular weight excluding hydrogens is 354 g/mol. The molecular formula is C21H29N5O2. The van der Waals surface area contributed by atoms with E-state index in [0.29, 0.717) is 24.7 Å². The van der Waals surface area contributed by atoms with Crippen LogP contribution in [0.25, 0.3) is 0 Å². The number of ether oxygens (including phenoxy) is 1. The van der Waals surface area contributed by atoms with E-state index in [9.17, 15) is 4.79 Å². The summed E-state index contributed by atoms with van der Waals surface area (Å²) in [4.78, 5) is 26.0. The summed E-state index contributed by atoms with van der Waals surface area (Å²) >= 11 is 0. The number of methoxy groups -OCH3 is 1. The fraction of sp³-hybridized carbons (Fsp3) is 0.476. The summed E-state index contributed by atoms with van der Waals surface area (Å²) < 4.78 is 5.22. The van der Waals surface area contributed by atoms with Gasteiger partial charge >= 0.3 is 0 Å². The van der Waals surface area contributed by atoms with Gasteiger partial charge in [0.1, 0.15) is 11.4 Å². The minimum Gasteiger partial charge on any atom is -0.497 e. The third-order valence-electron chi connectivity index (χ3n) is 5.07. The molecule has 0 radical (unpaired) electrons. The second-order valence-corrected chi connectivity index (χ2v) is 7.15. The van der Waals surface area contributed by atoms with Crippen molar-refractivity contribution in [1.82, 2.24) is 14.9 Å². The van der Waals surface area contributed by atoms with Crippen molar-refractivity contribution in [3.63, 3.8) is 0 Å². The van der Waals surface area contributed by atoms with E-state index in [0.717, 1.165) is 36.6 Å². The maximum atomic E-state index is 13.0. The monoisotopic (exact) mass is 383 g/mol. The number of anilines is 2. The minimum atomic E-state index is -0.0351. The van der Waals surface area contributed by atoms with Gasteiger partial charge in [0.25, 0.3) is 5.91 Å². The van der Waals surface area contributed by atoms with Crippen LogP contribution in [0.3, 0.4) is 0 Å². The number of aromatic nitrogens is 2. The van der Waals surface area contributed by atoms with Gasteiger partial charge in [-0.25, -0.2) is 9.97 Å². The maximum Gasteiger partial charge on any atom is 0.272 e. The Kier molecular flexibility index (Phi) is 6.34. The number of benzene rings is 1. The molecule has 7 nitrogen and oxygen atoms in total. The van der Waals surface area contributed by atoms with Crippen LogP contribution in [0.2, 0.25) is 0 Å². The normalized spacial score (nSPS) is 15.3. The van der Waals surface area contributed by atoms with Gasteiger partial charge in [-0.1, -0.05) is 6.92 Å². The van der Waals surface area contributed by atoms with E-state index in [1.807, 2.05) is 24.0 Å². The molecule has 7 heteroatoms. The smallest absolute Gasteiger partial charge is 0.272 e. The average molecular weight is 383 g/mol. The zero-order valence-corrected chi connectivity index (χ0v) is 17.1. The van der Waals surface area contributed by atoms with Crippen molar-refractivity contribution in [2.75, 3.05) is 43.5 Å². The third-order valence-corrected chi connectivity index (χ3v) is 5.07. The van der Waals surface area contributed by atoms with Gasteiger partial charge in [0.2, 0.25) is 5.95 Å². The zero-order chi connectivity index (χ0) is 20.1. The summed E-state index contributed by atoms with van der Waals surface area (Å²) in [5, 5.41) is 3.26. The highest BCUT2D eigenvalue weighted by Crippen LogP contribution is 2.21. The molecule has 2 heterocycles. The van der Waals surface area contributed by atoms with E-state index in [-0.39, 0.29) is 11.9 Å². The quantitative estimate of drug-likeness (QED) is 0.827. The second-order valence-electron chi connectivity index (χ2n) is 7.15. The predicted molar refractivity (Wildman–Crippen MR) is 111 cm³/mol. The van der Waals surface area contributed by atoms with Crippen LogP contribution in [0.1, 0.15) is 36.5 Å². The average Bonchev–Trinajstić information content (AvgIpc) is 2.73. The highest BCUT2D eigenvalue weighted by molar-refractivity contribution is 5.92. The Balaban J connectivity index is 1.64. The molecule has 1 unspecified atom stereocenters. The summed E-state index contributed by atoms with van der Waals surface area (Å²) in [7, 11) is 1.66. The lowest BCUT2D eigenvalue weighted by atomic mass is 10.2. The van der Waals surface area contributed by atoms with E-state index in [1.165, 1.54) is 0 Å². The maximum absolute atomic E-state index is 13.0. The van der Waals surface area contributed by atoms with Gasteiger partial charge in [0.05, 0.1) is 7.11 Å². The van der Waals surface area contributed by atoms with E-state index in [1.54, 1.807) is 13.2 Å². The summed E-state index contributed by atoms with van der Waals surface area (Å²) in [6.45, 7) is 8.99. The van der Waals surface area contributed by atoms with Crippen LogP contribution in [0.5, 0.6) is 5.75 Å². The first-order chi connectivity index (χ1) is 13.5. The van der Waals surface area contributed by atoms with Gasteiger partial charge in [-0.2, -0.15) is 0 Å². The van der Waals surface area contributed by atoms with Crippen molar-refractivity contribution >= 4 is 17.5 Å². The van der Waals surface area contributed by atoms with Crippen LogP contribution >= 0.6 is 0 Å². The molecule has 3 rings (SSSR count). The lowest BCUT2D eigenvalue weighted by Gasteiger charge is -2.36. The molecule has 0 bridgehead atoms. The van der Waals surface area contributed by atoms with E-state index < -0.39 is 0 Å². The Labute approximate surface area is 166 Å². The van der Waals surface area contributed by atoms with Crippen LogP contribution in [0.15, 0.2) is 30.3 Å². The van der Waals surface area contributed by atoms with Gasteiger partial charge in [0, 0.05) is 43.6 Å². The van der Waals surface area contributed by atoms with Gasteiger partial charge < -0.3 is 19.9 Å². The van der Waals surface area contributed by atoms with Crippen LogP contribution in [-0.4, -0.2) is 60.1 Å². The first-order valence-electron chi connectivity index (χ1n) is 9.80. The predicted octanol–water partition coefficient (Wildman–Crippen LogP) is 2.97. The number of hydrogen-bond donors (Lipinski definition) is 1. The fourth-order valence-electron chi connectivity index (χ4n) is 3.19. The third kappa shape index (κ3) is 4.71. The molecule has 1 amide bonds. The van der Waals surface area contributed by atoms with Crippen LogP contribution in [-0.2, 0) is 0 Å².